The van der Waals surface area contributed by atoms with Gasteiger partial charge in [0.1, 0.15) is 17.0 Å². The fraction of sp³-hybridized carbons (Fsp3) is 0.143. The summed E-state index contributed by atoms with van der Waals surface area (Å²) in [7, 11) is 0. The molecule has 2 aromatic heterocycles. The SMILES string of the molecule is Cc1noc(C)c1C(=O)Nc1ccc(-c2csnn2)cc1. The summed E-state index contributed by atoms with van der Waals surface area (Å²) in [6.45, 7) is 3.46. The van der Waals surface area contributed by atoms with Crippen molar-refractivity contribution in [3.63, 3.8) is 0 Å². The number of carbonyl (C=O) groups is 1. The summed E-state index contributed by atoms with van der Waals surface area (Å²) in [4.78, 5) is 12.2. The first-order valence-electron chi connectivity index (χ1n) is 6.27. The molecule has 0 aliphatic rings. The van der Waals surface area contributed by atoms with E-state index in [0.29, 0.717) is 22.7 Å². The molecule has 1 amide bonds. The van der Waals surface area contributed by atoms with Crippen molar-refractivity contribution in [1.29, 1.82) is 0 Å². The van der Waals surface area contributed by atoms with Crippen molar-refractivity contribution in [2.45, 2.75) is 13.8 Å². The lowest BCUT2D eigenvalue weighted by Gasteiger charge is -2.05. The van der Waals surface area contributed by atoms with Gasteiger partial charge in [0.25, 0.3) is 5.91 Å². The van der Waals surface area contributed by atoms with E-state index in [-0.39, 0.29) is 5.91 Å². The fourth-order valence-electron chi connectivity index (χ4n) is 2.02. The molecule has 3 rings (SSSR count). The number of carbonyl (C=O) groups excluding carboxylic acids is 1. The predicted octanol–water partition coefficient (Wildman–Crippen LogP) is 3.06. The van der Waals surface area contributed by atoms with E-state index in [9.17, 15) is 4.79 Å². The van der Waals surface area contributed by atoms with Gasteiger partial charge in [-0.25, -0.2) is 0 Å². The number of nitrogens with one attached hydrogen (secondary N) is 1. The highest BCUT2D eigenvalue weighted by molar-refractivity contribution is 7.03. The maximum atomic E-state index is 12.2. The van der Waals surface area contributed by atoms with Crippen LogP contribution in [0.4, 0.5) is 5.69 Å². The van der Waals surface area contributed by atoms with Gasteiger partial charge < -0.3 is 9.84 Å². The highest BCUT2D eigenvalue weighted by atomic mass is 32.1. The fourth-order valence-corrected chi connectivity index (χ4v) is 2.48. The van der Waals surface area contributed by atoms with Crippen LogP contribution in [0.2, 0.25) is 0 Å². The van der Waals surface area contributed by atoms with Crippen molar-refractivity contribution in [2.24, 2.45) is 0 Å². The Morgan fingerprint density at radius 2 is 2.00 bits per heavy atom. The van der Waals surface area contributed by atoms with Crippen molar-refractivity contribution >= 4 is 23.1 Å². The van der Waals surface area contributed by atoms with Crippen LogP contribution >= 0.6 is 11.5 Å². The van der Waals surface area contributed by atoms with Gasteiger partial charge in [-0.2, -0.15) is 0 Å². The lowest BCUT2D eigenvalue weighted by Crippen LogP contribution is -2.13. The number of amides is 1. The second kappa shape index (κ2) is 5.45. The topological polar surface area (TPSA) is 80.9 Å². The van der Waals surface area contributed by atoms with Crippen LogP contribution in [-0.2, 0) is 0 Å². The highest BCUT2D eigenvalue weighted by Crippen LogP contribution is 2.21. The standard InChI is InChI=1S/C14H12N4O2S/c1-8-13(9(2)20-17-8)14(19)15-11-5-3-10(4-6-11)12-7-21-18-16-12/h3-7H,1-2H3,(H,15,19). The molecule has 0 saturated carbocycles. The van der Waals surface area contributed by atoms with Crippen LogP contribution in [0, 0.1) is 13.8 Å². The molecule has 6 nitrogen and oxygen atoms in total. The smallest absolute Gasteiger partial charge is 0.261 e. The van der Waals surface area contributed by atoms with Gasteiger partial charge in [0, 0.05) is 16.6 Å². The number of benzene rings is 1. The first kappa shape index (κ1) is 13.4. The maximum Gasteiger partial charge on any atom is 0.261 e. The van der Waals surface area contributed by atoms with Gasteiger partial charge in [0.15, 0.2) is 0 Å². The normalized spacial score (nSPS) is 10.6. The summed E-state index contributed by atoms with van der Waals surface area (Å²) in [6.07, 6.45) is 0. The zero-order chi connectivity index (χ0) is 14.8. The number of hydrogen-bond donors (Lipinski definition) is 1. The number of rotatable bonds is 3. The van der Waals surface area contributed by atoms with Gasteiger partial charge in [-0.05, 0) is 37.5 Å². The van der Waals surface area contributed by atoms with E-state index in [1.54, 1.807) is 13.8 Å². The third-order valence-corrected chi connectivity index (χ3v) is 3.56. The van der Waals surface area contributed by atoms with Crippen LogP contribution in [-0.4, -0.2) is 20.7 Å². The van der Waals surface area contributed by atoms with E-state index in [0.717, 1.165) is 11.3 Å². The van der Waals surface area contributed by atoms with Crippen molar-refractivity contribution in [3.8, 4) is 11.3 Å². The molecule has 106 valence electrons. The predicted molar refractivity (Wildman–Crippen MR) is 79.3 cm³/mol. The van der Waals surface area contributed by atoms with Gasteiger partial charge >= 0.3 is 0 Å². The summed E-state index contributed by atoms with van der Waals surface area (Å²) in [6, 6.07) is 7.43. The zero-order valence-corrected chi connectivity index (χ0v) is 12.3. The number of aromatic nitrogens is 3. The van der Waals surface area contributed by atoms with Gasteiger partial charge in [0.2, 0.25) is 0 Å². The Kier molecular flexibility index (Phi) is 3.49. The molecule has 7 heteroatoms. The maximum absolute atomic E-state index is 12.2. The third-order valence-electron chi connectivity index (χ3n) is 3.06. The molecule has 0 aliphatic carbocycles. The lowest BCUT2D eigenvalue weighted by atomic mass is 10.1. The van der Waals surface area contributed by atoms with Crippen molar-refractivity contribution in [1.82, 2.24) is 14.7 Å². The van der Waals surface area contributed by atoms with Gasteiger partial charge in [-0.15, -0.1) is 5.10 Å². The second-order valence-corrected chi connectivity index (χ2v) is 5.13. The molecule has 0 fully saturated rings. The van der Waals surface area contributed by atoms with Crippen LogP contribution in [0.15, 0.2) is 34.2 Å². The Bertz CT molecular complexity index is 743. The Hall–Kier alpha value is -2.54. The first-order valence-corrected chi connectivity index (χ1v) is 7.10. The van der Waals surface area contributed by atoms with E-state index in [4.69, 9.17) is 4.52 Å². The van der Waals surface area contributed by atoms with E-state index in [2.05, 4.69) is 20.1 Å². The van der Waals surface area contributed by atoms with E-state index in [1.165, 1.54) is 11.5 Å². The highest BCUT2D eigenvalue weighted by Gasteiger charge is 2.17. The quantitative estimate of drug-likeness (QED) is 0.804. The number of hydrogen-bond acceptors (Lipinski definition) is 6. The zero-order valence-electron chi connectivity index (χ0n) is 11.5. The van der Waals surface area contributed by atoms with Gasteiger partial charge in [-0.3, -0.25) is 4.79 Å². The molecule has 0 unspecified atom stereocenters. The molecular formula is C14H12N4O2S. The molecule has 21 heavy (non-hydrogen) atoms. The van der Waals surface area contributed by atoms with E-state index >= 15 is 0 Å². The van der Waals surface area contributed by atoms with Gasteiger partial charge in [0.05, 0.1) is 5.69 Å². The Morgan fingerprint density at radius 3 is 2.57 bits per heavy atom. The van der Waals surface area contributed by atoms with Crippen LogP contribution in [0.1, 0.15) is 21.8 Å². The monoisotopic (exact) mass is 300 g/mol. The molecule has 2 heterocycles. The third kappa shape index (κ3) is 2.68. The number of aryl methyl sites for hydroxylation is 2. The average molecular weight is 300 g/mol. The summed E-state index contributed by atoms with van der Waals surface area (Å²) >= 11 is 1.30. The molecule has 3 aromatic rings. The number of nitrogens with zero attached hydrogens (tertiary/aromatic N) is 3. The lowest BCUT2D eigenvalue weighted by molar-refractivity contribution is 0.102. The molecule has 1 aromatic carbocycles. The molecule has 1 N–H and O–H groups in total. The molecular weight excluding hydrogens is 288 g/mol. The van der Waals surface area contributed by atoms with Crippen molar-refractivity contribution in [3.05, 3.63) is 46.7 Å². The second-order valence-electron chi connectivity index (χ2n) is 4.52. The molecule has 0 atom stereocenters. The van der Waals surface area contributed by atoms with Crippen molar-refractivity contribution < 1.29 is 9.32 Å². The van der Waals surface area contributed by atoms with Crippen LogP contribution in [0.25, 0.3) is 11.3 Å². The van der Waals surface area contributed by atoms with Crippen LogP contribution in [0.5, 0.6) is 0 Å². The van der Waals surface area contributed by atoms with Gasteiger partial charge in [-0.1, -0.05) is 21.8 Å². The van der Waals surface area contributed by atoms with Crippen LogP contribution in [0.3, 0.4) is 0 Å². The van der Waals surface area contributed by atoms with E-state index in [1.807, 2.05) is 29.6 Å². The summed E-state index contributed by atoms with van der Waals surface area (Å²) in [5.41, 5.74) is 3.53. The molecule has 0 aliphatic heterocycles. The Balaban J connectivity index is 1.78. The van der Waals surface area contributed by atoms with Crippen LogP contribution < -0.4 is 5.32 Å². The average Bonchev–Trinajstić information content (AvgIpc) is 3.10. The minimum absolute atomic E-state index is 0.227. The molecule has 0 bridgehead atoms. The molecule has 0 spiro atoms. The summed E-state index contributed by atoms with van der Waals surface area (Å²) < 4.78 is 8.82. The molecule has 0 saturated heterocycles. The van der Waals surface area contributed by atoms with Crippen molar-refractivity contribution in [2.75, 3.05) is 5.32 Å². The summed E-state index contributed by atoms with van der Waals surface area (Å²) in [5.74, 6) is 0.282. The number of anilines is 1. The minimum atomic E-state index is -0.227. The molecule has 0 radical (unpaired) electrons. The Morgan fingerprint density at radius 1 is 1.24 bits per heavy atom. The first-order chi connectivity index (χ1) is 10.1. The van der Waals surface area contributed by atoms with E-state index < -0.39 is 0 Å². The minimum Gasteiger partial charge on any atom is -0.361 e. The Labute approximate surface area is 125 Å². The largest absolute Gasteiger partial charge is 0.361 e. The summed E-state index contributed by atoms with van der Waals surface area (Å²) in [5, 5.41) is 12.5.